The molecule has 3 aromatic rings. The number of alkyl halides is 3. The third kappa shape index (κ3) is 5.93. The van der Waals surface area contributed by atoms with Crippen LogP contribution in [0.1, 0.15) is 11.1 Å². The molecular formula is C20H15F4N3O2. The molecule has 0 bridgehead atoms. The molecule has 0 saturated heterocycles. The minimum Gasteiger partial charge on any atom is -0.406 e. The quantitative estimate of drug-likeness (QED) is 0.493. The van der Waals surface area contributed by atoms with E-state index in [1.807, 2.05) is 0 Å². The van der Waals surface area contributed by atoms with Crippen LogP contribution in [0.5, 0.6) is 5.75 Å². The van der Waals surface area contributed by atoms with Crippen molar-refractivity contribution in [2.24, 2.45) is 0 Å². The van der Waals surface area contributed by atoms with Gasteiger partial charge in [0.1, 0.15) is 11.6 Å². The van der Waals surface area contributed by atoms with Gasteiger partial charge in [-0.25, -0.2) is 9.37 Å². The lowest BCUT2D eigenvalue weighted by Gasteiger charge is -2.08. The second-order valence-corrected chi connectivity index (χ2v) is 5.92. The van der Waals surface area contributed by atoms with E-state index < -0.39 is 18.1 Å². The summed E-state index contributed by atoms with van der Waals surface area (Å²) in [5.74, 6) is -1.23. The van der Waals surface area contributed by atoms with Crippen molar-refractivity contribution in [2.45, 2.75) is 12.9 Å². The molecule has 0 radical (unpaired) electrons. The highest BCUT2D eigenvalue weighted by molar-refractivity contribution is 5.91. The predicted octanol–water partition coefficient (Wildman–Crippen LogP) is 4.24. The SMILES string of the molecule is O=C(/C=C\c1ccc(OC(F)(F)F)cc1)NCc1ccc(-n2ccnc2)c(F)c1. The highest BCUT2D eigenvalue weighted by Crippen LogP contribution is 2.23. The first kappa shape index (κ1) is 20.1. The summed E-state index contributed by atoms with van der Waals surface area (Å²) < 4.78 is 55.9. The van der Waals surface area contributed by atoms with E-state index in [-0.39, 0.29) is 12.3 Å². The average molecular weight is 405 g/mol. The van der Waals surface area contributed by atoms with E-state index in [2.05, 4.69) is 15.0 Å². The third-order valence-corrected chi connectivity index (χ3v) is 3.80. The van der Waals surface area contributed by atoms with Crippen LogP contribution in [0.3, 0.4) is 0 Å². The molecule has 0 aliphatic rings. The monoisotopic (exact) mass is 405 g/mol. The number of nitrogens with zero attached hydrogens (tertiary/aromatic N) is 2. The van der Waals surface area contributed by atoms with Gasteiger partial charge in [-0.1, -0.05) is 18.2 Å². The van der Waals surface area contributed by atoms with Gasteiger partial charge in [-0.15, -0.1) is 13.2 Å². The molecule has 2 aromatic carbocycles. The lowest BCUT2D eigenvalue weighted by molar-refractivity contribution is -0.274. The minimum atomic E-state index is -4.76. The minimum absolute atomic E-state index is 0.114. The Kier molecular flexibility index (Phi) is 5.96. The number of carbonyl (C=O) groups is 1. The summed E-state index contributed by atoms with van der Waals surface area (Å²) in [6, 6.07) is 9.65. The number of benzene rings is 2. The van der Waals surface area contributed by atoms with Crippen LogP contribution in [0.4, 0.5) is 17.6 Å². The smallest absolute Gasteiger partial charge is 0.406 e. The summed E-state index contributed by atoms with van der Waals surface area (Å²) in [6.07, 6.45) is 2.55. The molecule has 150 valence electrons. The molecule has 0 atom stereocenters. The van der Waals surface area contributed by atoms with Gasteiger partial charge in [0.05, 0.1) is 12.0 Å². The standard InChI is InChI=1S/C20H15F4N3O2/c21-17-11-15(3-7-18(17)27-10-9-25-13-27)12-26-19(28)8-4-14-1-5-16(6-2-14)29-20(22,23)24/h1-11,13H,12H2,(H,26,28)/b8-4-. The van der Waals surface area contributed by atoms with Crippen LogP contribution in [-0.2, 0) is 11.3 Å². The molecule has 0 unspecified atom stereocenters. The molecule has 0 aliphatic carbocycles. The highest BCUT2D eigenvalue weighted by atomic mass is 19.4. The summed E-state index contributed by atoms with van der Waals surface area (Å²) in [7, 11) is 0. The fourth-order valence-electron chi connectivity index (χ4n) is 2.47. The molecule has 0 fully saturated rings. The number of aromatic nitrogens is 2. The number of rotatable bonds is 6. The fourth-order valence-corrected chi connectivity index (χ4v) is 2.47. The highest BCUT2D eigenvalue weighted by Gasteiger charge is 2.30. The first-order valence-electron chi connectivity index (χ1n) is 8.39. The maximum atomic E-state index is 14.2. The van der Waals surface area contributed by atoms with Crippen molar-refractivity contribution < 1.29 is 27.1 Å². The molecule has 1 amide bonds. The Labute approximate surface area is 163 Å². The molecule has 3 rings (SSSR count). The Morgan fingerprint density at radius 1 is 1.17 bits per heavy atom. The van der Waals surface area contributed by atoms with Crippen LogP contribution in [0.25, 0.3) is 11.8 Å². The second-order valence-electron chi connectivity index (χ2n) is 5.92. The van der Waals surface area contributed by atoms with Crippen molar-refractivity contribution in [3.8, 4) is 11.4 Å². The molecule has 0 spiro atoms. The van der Waals surface area contributed by atoms with Crippen LogP contribution < -0.4 is 10.1 Å². The van der Waals surface area contributed by atoms with Crippen molar-refractivity contribution in [1.82, 2.24) is 14.9 Å². The van der Waals surface area contributed by atoms with Crippen LogP contribution in [0, 0.1) is 5.82 Å². The van der Waals surface area contributed by atoms with Gasteiger partial charge in [0, 0.05) is 25.0 Å². The molecule has 1 aromatic heterocycles. The molecule has 29 heavy (non-hydrogen) atoms. The van der Waals surface area contributed by atoms with Crippen molar-refractivity contribution in [1.29, 1.82) is 0 Å². The Hall–Kier alpha value is -3.62. The zero-order valence-electron chi connectivity index (χ0n) is 14.9. The summed E-state index contributed by atoms with van der Waals surface area (Å²) >= 11 is 0. The normalized spacial score (nSPS) is 11.6. The van der Waals surface area contributed by atoms with Crippen molar-refractivity contribution in [2.75, 3.05) is 0 Å². The van der Waals surface area contributed by atoms with Gasteiger partial charge < -0.3 is 14.6 Å². The van der Waals surface area contributed by atoms with E-state index >= 15 is 0 Å². The van der Waals surface area contributed by atoms with E-state index in [4.69, 9.17) is 0 Å². The number of imidazole rings is 1. The van der Waals surface area contributed by atoms with Gasteiger partial charge in [-0.3, -0.25) is 4.79 Å². The largest absolute Gasteiger partial charge is 0.573 e. The summed E-state index contributed by atoms with van der Waals surface area (Å²) in [5.41, 5.74) is 1.43. The number of nitrogens with one attached hydrogen (secondary N) is 1. The molecular weight excluding hydrogens is 390 g/mol. The predicted molar refractivity (Wildman–Crippen MR) is 97.5 cm³/mol. The van der Waals surface area contributed by atoms with E-state index in [0.29, 0.717) is 16.8 Å². The maximum absolute atomic E-state index is 14.2. The van der Waals surface area contributed by atoms with E-state index in [1.54, 1.807) is 18.3 Å². The average Bonchev–Trinajstić information content (AvgIpc) is 3.19. The van der Waals surface area contributed by atoms with Crippen LogP contribution in [-0.4, -0.2) is 21.8 Å². The second kappa shape index (κ2) is 8.59. The first-order chi connectivity index (χ1) is 13.8. The number of hydrogen-bond donors (Lipinski definition) is 1. The summed E-state index contributed by atoms with van der Waals surface area (Å²) in [4.78, 5) is 15.8. The molecule has 9 heteroatoms. The van der Waals surface area contributed by atoms with E-state index in [0.717, 1.165) is 12.1 Å². The van der Waals surface area contributed by atoms with Crippen molar-refractivity contribution in [3.63, 3.8) is 0 Å². The summed E-state index contributed by atoms with van der Waals surface area (Å²) in [6.45, 7) is 0.114. The van der Waals surface area contributed by atoms with Crippen LogP contribution in [0.15, 0.2) is 67.3 Å². The number of halogens is 4. The maximum Gasteiger partial charge on any atom is 0.573 e. The molecule has 0 aliphatic heterocycles. The van der Waals surface area contributed by atoms with Crippen LogP contribution in [0.2, 0.25) is 0 Å². The number of ether oxygens (including phenoxy) is 1. The number of hydrogen-bond acceptors (Lipinski definition) is 3. The van der Waals surface area contributed by atoms with Crippen molar-refractivity contribution in [3.05, 3.63) is 84.2 Å². The summed E-state index contributed by atoms with van der Waals surface area (Å²) in [5, 5.41) is 2.61. The number of carbonyl (C=O) groups excluding carboxylic acids is 1. The van der Waals surface area contributed by atoms with Gasteiger partial charge >= 0.3 is 6.36 Å². The lowest BCUT2D eigenvalue weighted by Crippen LogP contribution is -2.20. The Morgan fingerprint density at radius 3 is 2.55 bits per heavy atom. The fraction of sp³-hybridized carbons (Fsp3) is 0.100. The molecule has 1 heterocycles. The van der Waals surface area contributed by atoms with Gasteiger partial charge in [0.2, 0.25) is 5.91 Å². The first-order valence-corrected chi connectivity index (χ1v) is 8.39. The van der Waals surface area contributed by atoms with Crippen molar-refractivity contribution >= 4 is 12.0 Å². The van der Waals surface area contributed by atoms with E-state index in [1.165, 1.54) is 47.4 Å². The molecule has 1 N–H and O–H groups in total. The van der Waals surface area contributed by atoms with E-state index in [9.17, 15) is 22.4 Å². The number of amides is 1. The van der Waals surface area contributed by atoms with Gasteiger partial charge in [-0.2, -0.15) is 0 Å². The van der Waals surface area contributed by atoms with Crippen LogP contribution >= 0.6 is 0 Å². The molecule has 5 nitrogen and oxygen atoms in total. The Balaban J connectivity index is 1.54. The van der Waals surface area contributed by atoms with Gasteiger partial charge in [0.25, 0.3) is 0 Å². The Bertz CT molecular complexity index is 998. The zero-order valence-corrected chi connectivity index (χ0v) is 14.9. The zero-order chi connectivity index (χ0) is 20.9. The molecule has 0 saturated carbocycles. The third-order valence-electron chi connectivity index (χ3n) is 3.80. The van der Waals surface area contributed by atoms with Gasteiger partial charge in [-0.05, 0) is 41.5 Å². The Morgan fingerprint density at radius 2 is 1.93 bits per heavy atom. The van der Waals surface area contributed by atoms with Gasteiger partial charge in [0.15, 0.2) is 0 Å². The topological polar surface area (TPSA) is 56.1 Å². The lowest BCUT2D eigenvalue weighted by atomic mass is 10.2.